The van der Waals surface area contributed by atoms with Gasteiger partial charge in [0, 0.05) is 26.2 Å². The van der Waals surface area contributed by atoms with Crippen LogP contribution < -0.4 is 5.32 Å². The number of hydrogen-bond donors (Lipinski definition) is 2. The zero-order chi connectivity index (χ0) is 8.81. The van der Waals surface area contributed by atoms with Gasteiger partial charge in [-0.3, -0.25) is 4.79 Å². The molecule has 4 heteroatoms. The van der Waals surface area contributed by atoms with Crippen molar-refractivity contribution in [1.29, 1.82) is 0 Å². The fourth-order valence-electron chi connectivity index (χ4n) is 1.42. The van der Waals surface area contributed by atoms with Gasteiger partial charge >= 0.3 is 0 Å². The Bertz CT molecular complexity index is 133. The summed E-state index contributed by atoms with van der Waals surface area (Å²) in [6.45, 7) is 3.49. The van der Waals surface area contributed by atoms with Crippen molar-refractivity contribution in [1.82, 2.24) is 10.2 Å². The molecule has 0 spiro atoms. The Morgan fingerprint density at radius 1 is 1.50 bits per heavy atom. The number of rotatable bonds is 4. The molecule has 0 bridgehead atoms. The summed E-state index contributed by atoms with van der Waals surface area (Å²) in [4.78, 5) is 12.2. The van der Waals surface area contributed by atoms with E-state index in [9.17, 15) is 9.90 Å². The van der Waals surface area contributed by atoms with Crippen molar-refractivity contribution in [2.45, 2.75) is 18.9 Å². The smallest absolute Gasteiger partial charge is 0.207 e. The molecule has 0 aromatic rings. The standard InChI is InChI=1S/C8H16N2O2/c11-7-9-3-6-10-4-1-8(12)2-5-10/h7-8,12H,1-6H2,(H,9,11). The maximum absolute atomic E-state index is 9.93. The summed E-state index contributed by atoms with van der Waals surface area (Å²) in [6, 6.07) is 0. The van der Waals surface area contributed by atoms with Crippen LogP contribution in [0.2, 0.25) is 0 Å². The molecule has 1 fully saturated rings. The van der Waals surface area contributed by atoms with Gasteiger partial charge in [0.15, 0.2) is 0 Å². The predicted molar refractivity (Wildman–Crippen MR) is 45.7 cm³/mol. The maximum atomic E-state index is 9.93. The molecule has 0 atom stereocenters. The van der Waals surface area contributed by atoms with E-state index in [-0.39, 0.29) is 6.10 Å². The fourth-order valence-corrected chi connectivity index (χ4v) is 1.42. The van der Waals surface area contributed by atoms with Crippen LogP contribution in [0.4, 0.5) is 0 Å². The normalized spacial score (nSPS) is 20.8. The first-order valence-corrected chi connectivity index (χ1v) is 4.40. The summed E-state index contributed by atoms with van der Waals surface area (Å²) in [5.41, 5.74) is 0. The third kappa shape index (κ3) is 3.19. The third-order valence-corrected chi connectivity index (χ3v) is 2.21. The van der Waals surface area contributed by atoms with Crippen LogP contribution in [0.5, 0.6) is 0 Å². The number of piperidine rings is 1. The molecule has 1 rings (SSSR count). The Morgan fingerprint density at radius 2 is 2.17 bits per heavy atom. The van der Waals surface area contributed by atoms with Crippen molar-refractivity contribution in [3.05, 3.63) is 0 Å². The zero-order valence-electron chi connectivity index (χ0n) is 7.20. The van der Waals surface area contributed by atoms with Crippen molar-refractivity contribution in [3.8, 4) is 0 Å². The van der Waals surface area contributed by atoms with E-state index in [4.69, 9.17) is 0 Å². The second-order valence-electron chi connectivity index (χ2n) is 3.14. The molecule has 0 saturated carbocycles. The van der Waals surface area contributed by atoms with Gasteiger partial charge in [-0.1, -0.05) is 0 Å². The monoisotopic (exact) mass is 172 g/mol. The molecule has 1 saturated heterocycles. The fraction of sp³-hybridized carbons (Fsp3) is 0.875. The first-order valence-electron chi connectivity index (χ1n) is 4.40. The third-order valence-electron chi connectivity index (χ3n) is 2.21. The van der Waals surface area contributed by atoms with Gasteiger partial charge in [0.2, 0.25) is 6.41 Å². The van der Waals surface area contributed by atoms with Gasteiger partial charge in [0.1, 0.15) is 0 Å². The largest absolute Gasteiger partial charge is 0.393 e. The summed E-state index contributed by atoms with van der Waals surface area (Å²) in [6.07, 6.45) is 2.33. The molecule has 0 aliphatic carbocycles. The molecule has 0 aromatic carbocycles. The van der Waals surface area contributed by atoms with E-state index in [1.807, 2.05) is 0 Å². The number of hydrogen-bond acceptors (Lipinski definition) is 3. The van der Waals surface area contributed by atoms with Crippen LogP contribution in [0.25, 0.3) is 0 Å². The first-order chi connectivity index (χ1) is 5.83. The van der Waals surface area contributed by atoms with Gasteiger partial charge in [0.25, 0.3) is 0 Å². The molecule has 0 aromatic heterocycles. The SMILES string of the molecule is O=CNCCN1CCC(O)CC1. The number of nitrogens with one attached hydrogen (secondary N) is 1. The second-order valence-corrected chi connectivity index (χ2v) is 3.14. The quantitative estimate of drug-likeness (QED) is 0.431. The van der Waals surface area contributed by atoms with Crippen LogP contribution in [0, 0.1) is 0 Å². The highest BCUT2D eigenvalue weighted by atomic mass is 16.3. The van der Waals surface area contributed by atoms with Gasteiger partial charge in [-0.05, 0) is 12.8 Å². The van der Waals surface area contributed by atoms with Crippen molar-refractivity contribution in [2.75, 3.05) is 26.2 Å². The highest BCUT2D eigenvalue weighted by molar-refractivity contribution is 5.45. The van der Waals surface area contributed by atoms with Gasteiger partial charge in [-0.25, -0.2) is 0 Å². The number of amides is 1. The first kappa shape index (κ1) is 9.48. The Kier molecular flexibility index (Phi) is 4.04. The van der Waals surface area contributed by atoms with E-state index in [0.717, 1.165) is 38.9 Å². The Labute approximate surface area is 72.6 Å². The zero-order valence-corrected chi connectivity index (χ0v) is 7.20. The molecule has 1 amide bonds. The molecular weight excluding hydrogens is 156 g/mol. The number of carbonyl (C=O) groups excluding carboxylic acids is 1. The van der Waals surface area contributed by atoms with Crippen molar-refractivity contribution in [3.63, 3.8) is 0 Å². The lowest BCUT2D eigenvalue weighted by Crippen LogP contribution is -2.39. The Balaban J connectivity index is 2.05. The van der Waals surface area contributed by atoms with Crippen molar-refractivity contribution >= 4 is 6.41 Å². The number of likely N-dealkylation sites (tertiary alicyclic amines) is 1. The average Bonchev–Trinajstić information content (AvgIpc) is 2.09. The minimum Gasteiger partial charge on any atom is -0.393 e. The lowest BCUT2D eigenvalue weighted by atomic mass is 10.1. The molecule has 2 N–H and O–H groups in total. The summed E-state index contributed by atoms with van der Waals surface area (Å²) in [5, 5.41) is 11.8. The molecule has 1 heterocycles. The Hall–Kier alpha value is -0.610. The topological polar surface area (TPSA) is 52.6 Å². The van der Waals surface area contributed by atoms with Gasteiger partial charge in [-0.2, -0.15) is 0 Å². The van der Waals surface area contributed by atoms with E-state index < -0.39 is 0 Å². The molecule has 1 aliphatic rings. The van der Waals surface area contributed by atoms with Crippen LogP contribution in [0.15, 0.2) is 0 Å². The van der Waals surface area contributed by atoms with Gasteiger partial charge in [-0.15, -0.1) is 0 Å². The number of carbonyl (C=O) groups is 1. The molecular formula is C8H16N2O2. The molecule has 70 valence electrons. The Morgan fingerprint density at radius 3 is 2.75 bits per heavy atom. The molecule has 12 heavy (non-hydrogen) atoms. The molecule has 1 aliphatic heterocycles. The highest BCUT2D eigenvalue weighted by Gasteiger charge is 2.15. The van der Waals surface area contributed by atoms with Crippen molar-refractivity contribution < 1.29 is 9.90 Å². The second kappa shape index (κ2) is 5.11. The van der Waals surface area contributed by atoms with E-state index in [1.165, 1.54) is 0 Å². The van der Waals surface area contributed by atoms with Crippen LogP contribution >= 0.6 is 0 Å². The van der Waals surface area contributed by atoms with Crippen LogP contribution in [-0.2, 0) is 4.79 Å². The summed E-state index contributed by atoms with van der Waals surface area (Å²) >= 11 is 0. The predicted octanol–water partition coefficient (Wildman–Crippen LogP) is -0.811. The number of aliphatic hydroxyl groups is 1. The lowest BCUT2D eigenvalue weighted by molar-refractivity contribution is -0.109. The molecule has 0 radical (unpaired) electrons. The summed E-state index contributed by atoms with van der Waals surface area (Å²) in [7, 11) is 0. The van der Waals surface area contributed by atoms with Crippen LogP contribution in [0.1, 0.15) is 12.8 Å². The molecule has 0 unspecified atom stereocenters. The van der Waals surface area contributed by atoms with E-state index in [1.54, 1.807) is 0 Å². The van der Waals surface area contributed by atoms with Crippen LogP contribution in [0.3, 0.4) is 0 Å². The van der Waals surface area contributed by atoms with E-state index in [2.05, 4.69) is 10.2 Å². The van der Waals surface area contributed by atoms with E-state index >= 15 is 0 Å². The number of nitrogens with zero attached hydrogens (tertiary/aromatic N) is 1. The maximum Gasteiger partial charge on any atom is 0.207 e. The summed E-state index contributed by atoms with van der Waals surface area (Å²) in [5.74, 6) is 0. The minimum atomic E-state index is -0.111. The molecule has 4 nitrogen and oxygen atoms in total. The van der Waals surface area contributed by atoms with E-state index in [0.29, 0.717) is 6.54 Å². The minimum absolute atomic E-state index is 0.111. The lowest BCUT2D eigenvalue weighted by Gasteiger charge is -2.29. The average molecular weight is 172 g/mol. The van der Waals surface area contributed by atoms with Gasteiger partial charge in [0.05, 0.1) is 6.10 Å². The summed E-state index contributed by atoms with van der Waals surface area (Å²) < 4.78 is 0. The van der Waals surface area contributed by atoms with Gasteiger partial charge < -0.3 is 15.3 Å². The van der Waals surface area contributed by atoms with Crippen LogP contribution in [-0.4, -0.2) is 48.7 Å². The number of aliphatic hydroxyl groups excluding tert-OH is 1. The highest BCUT2D eigenvalue weighted by Crippen LogP contribution is 2.08. The van der Waals surface area contributed by atoms with Crippen molar-refractivity contribution in [2.24, 2.45) is 0 Å².